The highest BCUT2D eigenvalue weighted by atomic mass is 31.2. The maximum atomic E-state index is 13.8. The lowest BCUT2D eigenvalue weighted by atomic mass is 10.0. The number of hydrogen-bond acceptors (Lipinski definition) is 18. The molecule has 8 N–H and O–H groups in total. The molecule has 0 aromatic heterocycles. The maximum absolute atomic E-state index is 13.8. The van der Waals surface area contributed by atoms with Crippen LogP contribution in [-0.2, 0) is 74.9 Å². The lowest BCUT2D eigenvalue weighted by Gasteiger charge is -2.23. The largest absolute Gasteiger partial charge is 0.472 e. The van der Waals surface area contributed by atoms with Crippen molar-refractivity contribution in [3.8, 4) is 0 Å². The lowest BCUT2D eigenvalue weighted by molar-refractivity contribution is -0.152. The number of phosphoric ester groups is 2. The molecule has 24 nitrogen and oxygen atoms in total. The Morgan fingerprint density at radius 2 is 0.645 bits per heavy atom. The third kappa shape index (κ3) is 71.2. The number of aliphatic hydroxyl groups excluding tert-OH is 2. The quantitative estimate of drug-likeness (QED) is 0.00922. The minimum Gasteiger partial charge on any atom is -0.462 e. The Bertz CT molecular complexity index is 2320. The second kappa shape index (κ2) is 73.8. The highest BCUT2D eigenvalue weighted by Gasteiger charge is 2.29. The summed E-state index contributed by atoms with van der Waals surface area (Å²) in [6, 6.07) is -1.92. The first kappa shape index (κ1) is 103. The molecule has 0 aliphatic rings. The van der Waals surface area contributed by atoms with Crippen molar-refractivity contribution in [3.05, 3.63) is 24.3 Å². The van der Waals surface area contributed by atoms with E-state index in [9.17, 15) is 57.9 Å². The molecule has 4 amide bonds. The summed E-state index contributed by atoms with van der Waals surface area (Å²) in [7, 11) is -9.63. The maximum Gasteiger partial charge on any atom is 0.472 e. The van der Waals surface area contributed by atoms with Gasteiger partial charge in [0.05, 0.1) is 76.8 Å². The lowest BCUT2D eigenvalue weighted by Crippen LogP contribution is -2.43. The summed E-state index contributed by atoms with van der Waals surface area (Å²) in [5.41, 5.74) is 0. The number of ether oxygens (including phenoxy) is 4. The molecule has 0 aromatic rings. The van der Waals surface area contributed by atoms with Crippen molar-refractivity contribution in [2.45, 2.75) is 393 Å². The minimum atomic E-state index is -4.82. The summed E-state index contributed by atoms with van der Waals surface area (Å²) in [6.45, 7) is 10.2. The van der Waals surface area contributed by atoms with Gasteiger partial charge in [0.15, 0.2) is 0 Å². The zero-order valence-corrected chi connectivity index (χ0v) is 69.5. The molecule has 0 aliphatic carbocycles. The molecule has 628 valence electrons. The average Bonchev–Trinajstić information content (AvgIpc) is 0.919. The Morgan fingerprint density at radius 1 is 0.346 bits per heavy atom. The van der Waals surface area contributed by atoms with Gasteiger partial charge in [-0.2, -0.15) is 0 Å². The standard InChI is InChI=1S/C81H154N4O20P2/c1-7-13-19-25-28-31-34-40-46-52-75(105-81(93)54-48-42-36-33-30-27-21-15-9-3)64-79(91)85-71(67-99-60-56-73(87)50-44-38-23-17-11-5)69-103-107(96,97)101-62-58-83-77(89)65-76(88)82-57-61-100-106(94,95)102-68-70(66-98-59-55-72(86)49-43-37-22-16-10-4)84-78(90)63-74(51-45-39-24-18-12-6)104-80(92)53-47-41-35-32-29-26-20-14-8-2/h32-33,35-36,70-75,86-87H,7-31,34,37-69H2,1-6H3,(H,82,88)(H,83,89)(H,84,90)(H,85,91)(H,94,95)(H,96,97)/b35-32+,36-33+/t70?,71?,72-,73-,74?,75-/m1/s1. The zero-order chi connectivity index (χ0) is 79.0. The van der Waals surface area contributed by atoms with Gasteiger partial charge in [-0.3, -0.25) is 46.9 Å². The number of allylic oxidation sites excluding steroid dienone is 4. The summed E-state index contributed by atoms with van der Waals surface area (Å²) in [5, 5.41) is 31.7. The molecule has 0 rings (SSSR count). The Morgan fingerprint density at radius 3 is 0.981 bits per heavy atom. The molecule has 0 spiro atoms. The van der Waals surface area contributed by atoms with Gasteiger partial charge in [-0.25, -0.2) is 9.13 Å². The summed E-state index contributed by atoms with van der Waals surface area (Å²) in [4.78, 5) is 101. The van der Waals surface area contributed by atoms with Crippen LogP contribution >= 0.6 is 15.6 Å². The molecule has 0 saturated carbocycles. The zero-order valence-electron chi connectivity index (χ0n) is 67.7. The van der Waals surface area contributed by atoms with Crippen LogP contribution in [0.1, 0.15) is 356 Å². The van der Waals surface area contributed by atoms with Crippen molar-refractivity contribution in [1.29, 1.82) is 0 Å². The van der Waals surface area contributed by atoms with Crippen LogP contribution in [0, 0.1) is 0 Å². The second-order valence-electron chi connectivity index (χ2n) is 28.9. The second-order valence-corrected chi connectivity index (χ2v) is 31.8. The van der Waals surface area contributed by atoms with Gasteiger partial charge < -0.3 is 60.2 Å². The van der Waals surface area contributed by atoms with Crippen molar-refractivity contribution in [1.82, 2.24) is 21.3 Å². The van der Waals surface area contributed by atoms with Crippen molar-refractivity contribution in [3.63, 3.8) is 0 Å². The molecule has 0 radical (unpaired) electrons. The number of amides is 4. The molecule has 0 aromatic carbocycles. The van der Waals surface area contributed by atoms with E-state index in [1.165, 1.54) is 70.6 Å². The van der Waals surface area contributed by atoms with Crippen LogP contribution < -0.4 is 21.3 Å². The SMILES string of the molecule is CCCCCC/C=C/CCCC(=O)OC(CCCCCCC)CC(=O)NC(COCC[C@H](O)CCCCCCC)COP(=O)(O)OCCNC(=O)CC(=O)NCCOP(=O)(O)OCC(COCC[C@H](O)CCCCCCC)NC(=O)C[C@@H](CCCCCCCCCCC)OC(=O)CCC/C=C/CCCCCC. The molecule has 107 heavy (non-hydrogen) atoms. The van der Waals surface area contributed by atoms with Gasteiger partial charge in [-0.15, -0.1) is 0 Å². The molecule has 26 heteroatoms. The van der Waals surface area contributed by atoms with Crippen LogP contribution in [0.2, 0.25) is 0 Å². The topological polar surface area (TPSA) is 339 Å². The number of aliphatic hydroxyl groups is 2. The van der Waals surface area contributed by atoms with Crippen LogP contribution in [0.5, 0.6) is 0 Å². The van der Waals surface area contributed by atoms with E-state index in [4.69, 9.17) is 37.0 Å². The number of rotatable bonds is 80. The smallest absolute Gasteiger partial charge is 0.462 e. The van der Waals surface area contributed by atoms with Crippen LogP contribution in [-0.4, -0.2) is 158 Å². The van der Waals surface area contributed by atoms with E-state index in [-0.39, 0.29) is 77.1 Å². The average molecular weight is 1570 g/mol. The van der Waals surface area contributed by atoms with E-state index in [1.54, 1.807) is 0 Å². The van der Waals surface area contributed by atoms with Crippen molar-refractivity contribution < 1.29 is 94.9 Å². The number of hydrogen-bond donors (Lipinski definition) is 8. The van der Waals surface area contributed by atoms with Gasteiger partial charge in [-0.05, 0) is 103 Å². The van der Waals surface area contributed by atoms with E-state index in [2.05, 4.69) is 87.1 Å². The molecule has 5 unspecified atom stereocenters. The number of unbranched alkanes of at least 4 members (excludes halogenated alkanes) is 30. The molecule has 0 fully saturated rings. The van der Waals surface area contributed by atoms with Crippen molar-refractivity contribution in [2.24, 2.45) is 0 Å². The predicted molar refractivity (Wildman–Crippen MR) is 425 cm³/mol. The van der Waals surface area contributed by atoms with E-state index in [1.807, 2.05) is 0 Å². The van der Waals surface area contributed by atoms with E-state index in [0.717, 1.165) is 161 Å². The summed E-state index contributed by atoms with van der Waals surface area (Å²) < 4.78 is 70.8. The van der Waals surface area contributed by atoms with Crippen molar-refractivity contribution >= 4 is 51.2 Å². The first-order valence-electron chi connectivity index (χ1n) is 42.3. The van der Waals surface area contributed by atoms with Gasteiger partial charge in [0.2, 0.25) is 23.6 Å². The number of carbonyl (C=O) groups excluding carboxylic acids is 6. The first-order valence-corrected chi connectivity index (χ1v) is 45.3. The highest BCUT2D eigenvalue weighted by molar-refractivity contribution is 7.47. The van der Waals surface area contributed by atoms with Crippen LogP contribution in [0.25, 0.3) is 0 Å². The molecule has 0 aliphatic heterocycles. The third-order valence-electron chi connectivity index (χ3n) is 18.4. The van der Waals surface area contributed by atoms with E-state index < -0.39 is 109 Å². The molecule has 0 bridgehead atoms. The van der Waals surface area contributed by atoms with Gasteiger partial charge in [0.25, 0.3) is 0 Å². The van der Waals surface area contributed by atoms with Gasteiger partial charge >= 0.3 is 27.6 Å². The Kier molecular flexibility index (Phi) is 71.3. The summed E-state index contributed by atoms with van der Waals surface area (Å²) >= 11 is 0. The number of carbonyl (C=O) groups is 6. The fourth-order valence-corrected chi connectivity index (χ4v) is 13.5. The van der Waals surface area contributed by atoms with Crippen LogP contribution in [0.15, 0.2) is 24.3 Å². The highest BCUT2D eigenvalue weighted by Crippen LogP contribution is 2.44. The van der Waals surface area contributed by atoms with Crippen molar-refractivity contribution in [2.75, 3.05) is 65.9 Å². The fraction of sp³-hybridized carbons (Fsp3) is 0.877. The molecular formula is C81H154N4O20P2. The van der Waals surface area contributed by atoms with Gasteiger partial charge in [-0.1, -0.05) is 246 Å². The fourth-order valence-electron chi connectivity index (χ4n) is 11.9. The molecule has 8 atom stereocenters. The Balaban J connectivity index is 5.70. The normalized spacial score (nSPS) is 14.6. The molecule has 0 heterocycles. The minimum absolute atomic E-state index is 0.143. The number of nitrogens with one attached hydrogen (secondary N) is 4. The summed E-state index contributed by atoms with van der Waals surface area (Å²) in [6.07, 6.45) is 47.7. The number of esters is 2. The molecular weight excluding hydrogens is 1410 g/mol. The first-order chi connectivity index (χ1) is 51.7. The number of phosphoric acid groups is 2. The summed E-state index contributed by atoms with van der Waals surface area (Å²) in [5.74, 6) is -3.29. The van der Waals surface area contributed by atoms with E-state index >= 15 is 0 Å². The van der Waals surface area contributed by atoms with Gasteiger partial charge in [0, 0.05) is 39.1 Å². The predicted octanol–water partition coefficient (Wildman–Crippen LogP) is 17.4. The van der Waals surface area contributed by atoms with Gasteiger partial charge in [0.1, 0.15) is 18.6 Å². The van der Waals surface area contributed by atoms with Crippen LogP contribution in [0.4, 0.5) is 0 Å². The Labute approximate surface area is 647 Å². The van der Waals surface area contributed by atoms with Crippen LogP contribution in [0.3, 0.4) is 0 Å². The molecule has 0 saturated heterocycles. The monoisotopic (exact) mass is 1570 g/mol. The Hall–Kier alpha value is -3.64. The van der Waals surface area contributed by atoms with E-state index in [0.29, 0.717) is 51.4 Å². The third-order valence-corrected chi connectivity index (χ3v) is 20.3.